The van der Waals surface area contributed by atoms with Gasteiger partial charge in [0.1, 0.15) is 6.54 Å². The minimum absolute atomic E-state index is 0.0547. The zero-order valence-corrected chi connectivity index (χ0v) is 12.7. The zero-order chi connectivity index (χ0) is 16.9. The van der Waals surface area contributed by atoms with Crippen molar-refractivity contribution in [3.05, 3.63) is 56.8 Å². The number of allylic oxidation sites excluding steroid dienone is 2. The number of carbonyl (C=O) groups is 1. The van der Waals surface area contributed by atoms with E-state index < -0.39 is 29.5 Å². The predicted octanol–water partition coefficient (Wildman–Crippen LogP) is -0.932. The summed E-state index contributed by atoms with van der Waals surface area (Å²) in [6.07, 6.45) is 2.73. The van der Waals surface area contributed by atoms with Crippen LogP contribution in [0.4, 0.5) is 0 Å². The van der Waals surface area contributed by atoms with E-state index in [1.165, 1.54) is 12.2 Å². The molecule has 0 radical (unpaired) electrons. The number of amides is 1. The van der Waals surface area contributed by atoms with E-state index in [4.69, 9.17) is 0 Å². The van der Waals surface area contributed by atoms with E-state index >= 15 is 0 Å². The molecule has 1 rings (SSSR count). The summed E-state index contributed by atoms with van der Waals surface area (Å²) in [5.74, 6) is -0.483. The van der Waals surface area contributed by atoms with Crippen LogP contribution >= 0.6 is 0 Å². The second kappa shape index (κ2) is 7.39. The molecule has 0 fully saturated rings. The summed E-state index contributed by atoms with van der Waals surface area (Å²) in [4.78, 5) is 48.4. The minimum atomic E-state index is -0.839. The summed E-state index contributed by atoms with van der Waals surface area (Å²) in [6.45, 7) is 9.90. The van der Waals surface area contributed by atoms with Crippen LogP contribution < -0.4 is 22.4 Å². The molecule has 0 aliphatic rings. The number of aromatic nitrogens is 3. The van der Waals surface area contributed by atoms with Crippen LogP contribution in [0.2, 0.25) is 0 Å². The van der Waals surface area contributed by atoms with Crippen LogP contribution in [0.25, 0.3) is 0 Å². The number of hydrogen-bond donors (Lipinski definition) is 1. The highest BCUT2D eigenvalue weighted by atomic mass is 16.2. The fourth-order valence-corrected chi connectivity index (χ4v) is 1.90. The van der Waals surface area contributed by atoms with Crippen molar-refractivity contribution < 1.29 is 4.79 Å². The first-order chi connectivity index (χ1) is 10.3. The molecule has 0 spiro atoms. The van der Waals surface area contributed by atoms with E-state index in [1.54, 1.807) is 13.8 Å². The standard InChI is InChI=1S/C14H20N4O4/c1-5-7-16-12(20)17(8-6-2)14(22)18(13(16)21)9-11(19)15-10(3)4/h5-6,10H,1-2,7-9H2,3-4H3,(H,15,19). The molecular weight excluding hydrogens is 288 g/mol. The maximum atomic E-state index is 12.2. The quantitative estimate of drug-likeness (QED) is 0.658. The molecule has 1 amide bonds. The van der Waals surface area contributed by atoms with Crippen LogP contribution in [0.3, 0.4) is 0 Å². The summed E-state index contributed by atoms with van der Waals surface area (Å²) in [6, 6.07) is -0.127. The maximum absolute atomic E-state index is 12.2. The summed E-state index contributed by atoms with van der Waals surface area (Å²) >= 11 is 0. The predicted molar refractivity (Wildman–Crippen MR) is 82.9 cm³/mol. The first kappa shape index (κ1) is 17.4. The molecule has 0 saturated heterocycles. The lowest BCUT2D eigenvalue weighted by atomic mass is 10.4. The fourth-order valence-electron chi connectivity index (χ4n) is 1.90. The third-order valence-corrected chi connectivity index (χ3v) is 2.76. The highest BCUT2D eigenvalue weighted by Gasteiger charge is 2.16. The summed E-state index contributed by atoms with van der Waals surface area (Å²) in [5.41, 5.74) is -2.43. The Morgan fingerprint density at radius 1 is 1.00 bits per heavy atom. The van der Waals surface area contributed by atoms with E-state index in [2.05, 4.69) is 18.5 Å². The smallest absolute Gasteiger partial charge is 0.337 e. The van der Waals surface area contributed by atoms with Gasteiger partial charge in [-0.15, -0.1) is 13.2 Å². The third-order valence-electron chi connectivity index (χ3n) is 2.76. The van der Waals surface area contributed by atoms with Gasteiger partial charge in [-0.2, -0.15) is 0 Å². The molecule has 1 aromatic heterocycles. The van der Waals surface area contributed by atoms with Crippen molar-refractivity contribution in [3.63, 3.8) is 0 Å². The van der Waals surface area contributed by atoms with Crippen molar-refractivity contribution in [3.8, 4) is 0 Å². The van der Waals surface area contributed by atoms with Gasteiger partial charge >= 0.3 is 17.1 Å². The van der Waals surface area contributed by atoms with E-state index in [0.29, 0.717) is 0 Å². The Morgan fingerprint density at radius 2 is 1.41 bits per heavy atom. The molecule has 0 aliphatic carbocycles. The number of nitrogens with one attached hydrogen (secondary N) is 1. The van der Waals surface area contributed by atoms with Gasteiger partial charge in [-0.3, -0.25) is 4.79 Å². The Kier molecular flexibility index (Phi) is 5.85. The van der Waals surface area contributed by atoms with Gasteiger partial charge < -0.3 is 5.32 Å². The normalized spacial score (nSPS) is 10.5. The van der Waals surface area contributed by atoms with Crippen LogP contribution in [0.5, 0.6) is 0 Å². The van der Waals surface area contributed by atoms with Crippen LogP contribution in [0.1, 0.15) is 13.8 Å². The lowest BCUT2D eigenvalue weighted by Gasteiger charge is -2.13. The summed E-state index contributed by atoms with van der Waals surface area (Å²) < 4.78 is 2.42. The lowest BCUT2D eigenvalue weighted by molar-refractivity contribution is -0.122. The van der Waals surface area contributed by atoms with Crippen LogP contribution in [-0.2, 0) is 24.4 Å². The maximum Gasteiger partial charge on any atom is 0.337 e. The molecular formula is C14H20N4O4. The van der Waals surface area contributed by atoms with Gasteiger partial charge in [-0.05, 0) is 13.8 Å². The number of carbonyl (C=O) groups excluding carboxylic acids is 1. The van der Waals surface area contributed by atoms with E-state index in [0.717, 1.165) is 13.7 Å². The number of rotatable bonds is 7. The molecule has 8 heteroatoms. The van der Waals surface area contributed by atoms with Gasteiger partial charge in [0.15, 0.2) is 0 Å². The molecule has 0 aliphatic heterocycles. The van der Waals surface area contributed by atoms with E-state index in [-0.39, 0.29) is 19.1 Å². The topological polar surface area (TPSA) is 95.1 Å². The molecule has 0 aromatic carbocycles. The number of nitrogens with zero attached hydrogens (tertiary/aromatic N) is 3. The first-order valence-electron chi connectivity index (χ1n) is 6.79. The largest absolute Gasteiger partial charge is 0.352 e. The third kappa shape index (κ3) is 3.72. The first-order valence-corrected chi connectivity index (χ1v) is 6.79. The Labute approximate surface area is 127 Å². The molecule has 1 aromatic rings. The van der Waals surface area contributed by atoms with Crippen LogP contribution in [0, 0.1) is 0 Å². The molecule has 0 atom stereocenters. The molecule has 8 nitrogen and oxygen atoms in total. The van der Waals surface area contributed by atoms with Crippen molar-refractivity contribution in [1.29, 1.82) is 0 Å². The highest BCUT2D eigenvalue weighted by molar-refractivity contribution is 5.75. The van der Waals surface area contributed by atoms with Crippen molar-refractivity contribution in [2.24, 2.45) is 0 Å². The molecule has 22 heavy (non-hydrogen) atoms. The molecule has 0 bridgehead atoms. The van der Waals surface area contributed by atoms with Crippen LogP contribution in [-0.4, -0.2) is 25.7 Å². The molecule has 1 heterocycles. The lowest BCUT2D eigenvalue weighted by Crippen LogP contribution is -2.55. The second-order valence-electron chi connectivity index (χ2n) is 4.95. The molecule has 120 valence electrons. The number of hydrogen-bond acceptors (Lipinski definition) is 4. The monoisotopic (exact) mass is 308 g/mol. The van der Waals surface area contributed by atoms with Crippen LogP contribution in [0.15, 0.2) is 39.7 Å². The van der Waals surface area contributed by atoms with Gasteiger partial charge in [-0.25, -0.2) is 28.1 Å². The Hall–Kier alpha value is -2.64. The van der Waals surface area contributed by atoms with Crippen molar-refractivity contribution >= 4 is 5.91 Å². The zero-order valence-electron chi connectivity index (χ0n) is 12.7. The second-order valence-corrected chi connectivity index (χ2v) is 4.95. The molecule has 1 N–H and O–H groups in total. The fraction of sp³-hybridized carbons (Fsp3) is 0.429. The Morgan fingerprint density at radius 3 is 1.77 bits per heavy atom. The summed E-state index contributed by atoms with van der Waals surface area (Å²) in [7, 11) is 0. The average Bonchev–Trinajstić information content (AvgIpc) is 2.43. The minimum Gasteiger partial charge on any atom is -0.352 e. The average molecular weight is 308 g/mol. The molecule has 0 saturated carbocycles. The van der Waals surface area contributed by atoms with Gasteiger partial charge in [0.2, 0.25) is 5.91 Å². The van der Waals surface area contributed by atoms with Gasteiger partial charge in [-0.1, -0.05) is 12.2 Å². The SMILES string of the molecule is C=CCn1c(=O)n(CC=C)c(=O)n(CC(=O)NC(C)C)c1=O. The molecule has 0 unspecified atom stereocenters. The Balaban J connectivity index is 3.49. The van der Waals surface area contributed by atoms with Crippen molar-refractivity contribution in [2.45, 2.75) is 39.5 Å². The van der Waals surface area contributed by atoms with Gasteiger partial charge in [0.25, 0.3) is 0 Å². The Bertz CT molecular complexity index is 703. The van der Waals surface area contributed by atoms with Crippen molar-refractivity contribution in [2.75, 3.05) is 0 Å². The van der Waals surface area contributed by atoms with E-state index in [9.17, 15) is 19.2 Å². The van der Waals surface area contributed by atoms with Gasteiger partial charge in [0, 0.05) is 6.04 Å². The van der Waals surface area contributed by atoms with Crippen molar-refractivity contribution in [1.82, 2.24) is 19.0 Å². The summed E-state index contributed by atoms with van der Waals surface area (Å²) in [5, 5.41) is 2.59. The highest BCUT2D eigenvalue weighted by Crippen LogP contribution is 1.82. The van der Waals surface area contributed by atoms with E-state index in [1.807, 2.05) is 0 Å². The van der Waals surface area contributed by atoms with Gasteiger partial charge in [0.05, 0.1) is 13.1 Å².